The van der Waals surface area contributed by atoms with Crippen LogP contribution in [0.4, 0.5) is 11.4 Å². The third-order valence-electron chi connectivity index (χ3n) is 5.90. The Morgan fingerprint density at radius 1 is 1.19 bits per heavy atom. The second-order valence-corrected chi connectivity index (χ2v) is 7.98. The zero-order valence-electron chi connectivity index (χ0n) is 17.8. The lowest BCUT2D eigenvalue weighted by molar-refractivity contribution is 0.102. The largest absolute Gasteiger partial charge is 0.504 e. The summed E-state index contributed by atoms with van der Waals surface area (Å²) in [6.07, 6.45) is 3.73. The van der Waals surface area contributed by atoms with E-state index in [0.29, 0.717) is 22.4 Å². The average Bonchev–Trinajstić information content (AvgIpc) is 3.28. The van der Waals surface area contributed by atoms with Gasteiger partial charge in [0.15, 0.2) is 11.4 Å². The number of pyridine rings is 1. The summed E-state index contributed by atoms with van der Waals surface area (Å²) in [5, 5.41) is 22.2. The molecule has 3 aromatic heterocycles. The van der Waals surface area contributed by atoms with Crippen molar-refractivity contribution in [3.05, 3.63) is 47.5 Å². The van der Waals surface area contributed by atoms with Gasteiger partial charge in [0.25, 0.3) is 5.91 Å². The molecule has 0 saturated carbocycles. The number of nitrogens with one attached hydrogen (secondary N) is 2. The summed E-state index contributed by atoms with van der Waals surface area (Å²) >= 11 is 0. The molecule has 1 amide bonds. The highest BCUT2D eigenvalue weighted by Crippen LogP contribution is 2.30. The molecule has 0 atom stereocenters. The number of nitrogens with zero attached hydrogens (tertiary/aromatic N) is 5. The Hall–Kier alpha value is -3.59. The first-order valence-corrected chi connectivity index (χ1v) is 10.3. The van der Waals surface area contributed by atoms with Crippen molar-refractivity contribution in [2.75, 3.05) is 36.4 Å². The van der Waals surface area contributed by atoms with Crippen LogP contribution in [0.25, 0.3) is 16.6 Å². The fraction of sp³-hybridized carbons (Fsp3) is 0.318. The number of carbonyl (C=O) groups excluding carboxylic acids is 1. The van der Waals surface area contributed by atoms with Gasteiger partial charge in [0.05, 0.1) is 16.9 Å². The van der Waals surface area contributed by atoms with Gasteiger partial charge in [-0.25, -0.2) is 4.98 Å². The Morgan fingerprint density at radius 2 is 1.97 bits per heavy atom. The predicted octanol–water partition coefficient (Wildman–Crippen LogP) is 2.21. The van der Waals surface area contributed by atoms with E-state index in [4.69, 9.17) is 0 Å². The average molecular weight is 419 g/mol. The molecule has 0 bridgehead atoms. The third-order valence-corrected chi connectivity index (χ3v) is 5.90. The molecule has 1 aliphatic rings. The van der Waals surface area contributed by atoms with Gasteiger partial charge in [-0.15, -0.1) is 0 Å². The highest BCUT2D eigenvalue weighted by molar-refractivity contribution is 6.14. The molecule has 5 rings (SSSR count). The highest BCUT2D eigenvalue weighted by Gasteiger charge is 2.20. The van der Waals surface area contributed by atoms with Crippen molar-refractivity contribution in [3.8, 4) is 5.75 Å². The first-order chi connectivity index (χ1) is 14.9. The molecule has 31 heavy (non-hydrogen) atoms. The predicted molar refractivity (Wildman–Crippen MR) is 120 cm³/mol. The van der Waals surface area contributed by atoms with Crippen LogP contribution in [0.2, 0.25) is 0 Å². The smallest absolute Gasteiger partial charge is 0.257 e. The summed E-state index contributed by atoms with van der Waals surface area (Å²) in [4.78, 5) is 19.9. The molecule has 9 heteroatoms. The zero-order valence-corrected chi connectivity index (χ0v) is 17.8. The van der Waals surface area contributed by atoms with Gasteiger partial charge in [-0.05, 0) is 26.0 Å². The summed E-state index contributed by atoms with van der Waals surface area (Å²) in [5.74, 6) is -0.255. The summed E-state index contributed by atoms with van der Waals surface area (Å²) in [5.41, 5.74) is 4.95. The van der Waals surface area contributed by atoms with Gasteiger partial charge in [0, 0.05) is 68.5 Å². The molecule has 0 radical (unpaired) electrons. The van der Waals surface area contributed by atoms with Crippen molar-refractivity contribution in [2.45, 2.75) is 13.8 Å². The highest BCUT2D eigenvalue weighted by atomic mass is 16.3. The number of fused-ring (bicyclic) bond motifs is 2. The van der Waals surface area contributed by atoms with E-state index in [-0.39, 0.29) is 11.7 Å². The van der Waals surface area contributed by atoms with Crippen molar-refractivity contribution >= 4 is 33.8 Å². The summed E-state index contributed by atoms with van der Waals surface area (Å²) in [6, 6.07) is 5.34. The lowest BCUT2D eigenvalue weighted by Crippen LogP contribution is -2.43. The Morgan fingerprint density at radius 3 is 2.74 bits per heavy atom. The van der Waals surface area contributed by atoms with E-state index in [2.05, 4.69) is 25.6 Å². The molecule has 9 nitrogen and oxygen atoms in total. The molecule has 1 aromatic carbocycles. The molecule has 1 saturated heterocycles. The van der Waals surface area contributed by atoms with Crippen LogP contribution in [0.15, 0.2) is 30.6 Å². The lowest BCUT2D eigenvalue weighted by atomic mass is 10.1. The van der Waals surface area contributed by atoms with Gasteiger partial charge in [0.2, 0.25) is 0 Å². The van der Waals surface area contributed by atoms with E-state index in [0.717, 1.165) is 48.6 Å². The van der Waals surface area contributed by atoms with E-state index in [1.807, 2.05) is 39.2 Å². The number of imidazole rings is 1. The second-order valence-electron chi connectivity index (χ2n) is 7.98. The minimum Gasteiger partial charge on any atom is -0.504 e. The third kappa shape index (κ3) is 3.27. The number of aromatic hydroxyl groups is 1. The van der Waals surface area contributed by atoms with Crippen molar-refractivity contribution in [1.82, 2.24) is 24.5 Å². The van der Waals surface area contributed by atoms with Crippen molar-refractivity contribution in [3.63, 3.8) is 0 Å². The van der Waals surface area contributed by atoms with E-state index in [1.165, 1.54) is 6.07 Å². The number of rotatable bonds is 3. The van der Waals surface area contributed by atoms with Crippen LogP contribution in [-0.4, -0.2) is 56.4 Å². The molecule has 1 fully saturated rings. The molecule has 3 N–H and O–H groups in total. The van der Waals surface area contributed by atoms with E-state index in [1.54, 1.807) is 15.3 Å². The fourth-order valence-corrected chi connectivity index (χ4v) is 4.19. The molecule has 0 aliphatic carbocycles. The van der Waals surface area contributed by atoms with Gasteiger partial charge in [-0.3, -0.25) is 13.9 Å². The van der Waals surface area contributed by atoms with Crippen LogP contribution in [0.1, 0.15) is 21.7 Å². The number of anilines is 2. The SMILES string of the molecule is Cc1nc2c(O)cc(NC(=O)c3ccc(N4CCNCC4)c4cn(C)nc34)cn2c1C. The maximum atomic E-state index is 13.2. The van der Waals surface area contributed by atoms with Gasteiger partial charge in [-0.2, -0.15) is 5.10 Å². The zero-order chi connectivity index (χ0) is 21.7. The maximum absolute atomic E-state index is 13.2. The minimum atomic E-state index is -0.274. The first-order valence-electron chi connectivity index (χ1n) is 10.3. The van der Waals surface area contributed by atoms with Crippen molar-refractivity contribution in [2.24, 2.45) is 7.05 Å². The van der Waals surface area contributed by atoms with Gasteiger partial charge < -0.3 is 20.6 Å². The first kappa shape index (κ1) is 19.4. The minimum absolute atomic E-state index is 0.0195. The Bertz CT molecular complexity index is 1310. The molecule has 0 unspecified atom stereocenters. The van der Waals surface area contributed by atoms with Crippen LogP contribution in [0.3, 0.4) is 0 Å². The number of aromatic nitrogens is 4. The van der Waals surface area contributed by atoms with Crippen molar-refractivity contribution < 1.29 is 9.90 Å². The summed E-state index contributed by atoms with van der Waals surface area (Å²) in [7, 11) is 1.86. The Labute approximate surface area is 179 Å². The van der Waals surface area contributed by atoms with Crippen molar-refractivity contribution in [1.29, 1.82) is 0 Å². The number of hydrogen-bond acceptors (Lipinski definition) is 6. The van der Waals surface area contributed by atoms with Crippen LogP contribution >= 0.6 is 0 Å². The molecule has 0 spiro atoms. The number of piperazine rings is 1. The molecule has 160 valence electrons. The topological polar surface area (TPSA) is 99.7 Å². The molecule has 4 aromatic rings. The molecule has 4 heterocycles. The Kier molecular flexibility index (Phi) is 4.55. The number of benzene rings is 1. The maximum Gasteiger partial charge on any atom is 0.257 e. The second kappa shape index (κ2) is 7.28. The standard InChI is InChI=1S/C22H25N7O2/c1-13-14(2)29-11-15(10-19(30)21(29)24-13)25-22(31)16-4-5-18(28-8-6-23-7-9-28)17-12-27(3)26-20(16)17/h4-5,10-12,23,30H,6-9H2,1-3H3,(H,25,31). The van der Waals surface area contributed by atoms with Crippen LogP contribution in [-0.2, 0) is 7.05 Å². The molecule has 1 aliphatic heterocycles. The van der Waals surface area contributed by atoms with Crippen LogP contribution in [0, 0.1) is 13.8 Å². The van der Waals surface area contributed by atoms with Gasteiger partial charge in [-0.1, -0.05) is 0 Å². The molecular weight excluding hydrogens is 394 g/mol. The quantitative estimate of drug-likeness (QED) is 0.471. The monoisotopic (exact) mass is 419 g/mol. The van der Waals surface area contributed by atoms with Gasteiger partial charge >= 0.3 is 0 Å². The Balaban J connectivity index is 1.52. The number of aryl methyl sites for hydroxylation is 3. The van der Waals surface area contributed by atoms with Crippen LogP contribution in [0.5, 0.6) is 5.75 Å². The summed E-state index contributed by atoms with van der Waals surface area (Å²) in [6.45, 7) is 7.51. The lowest BCUT2D eigenvalue weighted by Gasteiger charge is -2.30. The van der Waals surface area contributed by atoms with Crippen LogP contribution < -0.4 is 15.5 Å². The normalized spacial score (nSPS) is 14.5. The van der Waals surface area contributed by atoms with E-state index in [9.17, 15) is 9.90 Å². The van der Waals surface area contributed by atoms with E-state index < -0.39 is 0 Å². The number of carbonyl (C=O) groups is 1. The molecular formula is C22H25N7O2. The van der Waals surface area contributed by atoms with Gasteiger partial charge in [0.1, 0.15) is 5.52 Å². The number of amides is 1. The summed E-state index contributed by atoms with van der Waals surface area (Å²) < 4.78 is 3.52. The van der Waals surface area contributed by atoms with E-state index >= 15 is 0 Å². The fourth-order valence-electron chi connectivity index (χ4n) is 4.19. The number of hydrogen-bond donors (Lipinski definition) is 3.